The molecule has 132 valence electrons. The van der Waals surface area contributed by atoms with E-state index in [2.05, 4.69) is 20.6 Å². The molecule has 0 saturated heterocycles. The minimum Gasteiger partial charge on any atom is -0.444 e. The average Bonchev–Trinajstić information content (AvgIpc) is 2.85. The van der Waals surface area contributed by atoms with E-state index in [1.807, 2.05) is 19.9 Å². The van der Waals surface area contributed by atoms with Gasteiger partial charge in [0.1, 0.15) is 11.6 Å². The first-order valence-electron chi connectivity index (χ1n) is 7.70. The molecule has 0 amide bonds. The zero-order valence-electron chi connectivity index (χ0n) is 14.2. The first-order valence-corrected chi connectivity index (χ1v) is 7.70. The molecule has 0 radical (unpaired) electrons. The molecule has 0 aliphatic heterocycles. The van der Waals surface area contributed by atoms with Gasteiger partial charge in [-0.2, -0.15) is 0 Å². The first-order chi connectivity index (χ1) is 11.1. The van der Waals surface area contributed by atoms with Gasteiger partial charge >= 0.3 is 0 Å². The number of aliphatic imine (C=N–C) groups is 1. The number of hydrogen-bond acceptors (Lipinski definition) is 3. The molecule has 1 heterocycles. The van der Waals surface area contributed by atoms with E-state index in [1.165, 1.54) is 6.07 Å². The van der Waals surface area contributed by atoms with Gasteiger partial charge in [-0.3, -0.25) is 4.99 Å². The van der Waals surface area contributed by atoms with Crippen molar-refractivity contribution in [3.05, 3.63) is 53.0 Å². The number of aromatic nitrogens is 1. The molecule has 0 aliphatic rings. The lowest BCUT2D eigenvalue weighted by Crippen LogP contribution is -2.37. The maximum atomic E-state index is 13.1. The van der Waals surface area contributed by atoms with E-state index < -0.39 is 0 Å². The van der Waals surface area contributed by atoms with Crippen LogP contribution in [-0.4, -0.2) is 24.5 Å². The molecule has 0 spiro atoms. The number of benzene rings is 1. The number of guanidine groups is 1. The summed E-state index contributed by atoms with van der Waals surface area (Å²) in [5.74, 6) is 1.98. The molecule has 1 aromatic heterocycles. The number of nitrogens with one attached hydrogen (secondary N) is 2. The van der Waals surface area contributed by atoms with Crippen molar-refractivity contribution in [1.29, 1.82) is 0 Å². The summed E-state index contributed by atoms with van der Waals surface area (Å²) in [4.78, 5) is 8.47. The maximum absolute atomic E-state index is 13.1. The molecule has 5 nitrogen and oxygen atoms in total. The van der Waals surface area contributed by atoms with E-state index in [1.54, 1.807) is 19.2 Å². The van der Waals surface area contributed by atoms with E-state index in [0.29, 0.717) is 18.4 Å². The van der Waals surface area contributed by atoms with Crippen molar-refractivity contribution in [3.8, 4) is 0 Å². The molecule has 2 aromatic rings. The van der Waals surface area contributed by atoms with Crippen LogP contribution in [0.4, 0.5) is 4.39 Å². The summed E-state index contributed by atoms with van der Waals surface area (Å²) >= 11 is 0. The monoisotopic (exact) mass is 446 g/mol. The van der Waals surface area contributed by atoms with Crippen LogP contribution in [0.2, 0.25) is 0 Å². The predicted octanol–water partition coefficient (Wildman–Crippen LogP) is 3.35. The Morgan fingerprint density at radius 2 is 2.08 bits per heavy atom. The van der Waals surface area contributed by atoms with Gasteiger partial charge in [-0.25, -0.2) is 9.37 Å². The van der Waals surface area contributed by atoms with Crippen LogP contribution in [0.25, 0.3) is 0 Å². The second-order valence-corrected chi connectivity index (χ2v) is 5.34. The Balaban J connectivity index is 0.00000288. The molecule has 2 rings (SSSR count). The van der Waals surface area contributed by atoms with Gasteiger partial charge in [-0.1, -0.05) is 12.1 Å². The zero-order valence-corrected chi connectivity index (χ0v) is 16.6. The number of oxazole rings is 1. The van der Waals surface area contributed by atoms with Crippen molar-refractivity contribution in [3.63, 3.8) is 0 Å². The average molecular weight is 446 g/mol. The minimum absolute atomic E-state index is 0. The third kappa shape index (κ3) is 6.46. The van der Waals surface area contributed by atoms with Crippen LogP contribution in [0.3, 0.4) is 0 Å². The van der Waals surface area contributed by atoms with E-state index in [-0.39, 0.29) is 29.8 Å². The fraction of sp³-hybridized carbons (Fsp3) is 0.412. The van der Waals surface area contributed by atoms with Crippen molar-refractivity contribution in [2.24, 2.45) is 4.99 Å². The zero-order chi connectivity index (χ0) is 16.7. The van der Waals surface area contributed by atoms with E-state index in [9.17, 15) is 4.39 Å². The molecule has 0 saturated carbocycles. The highest BCUT2D eigenvalue weighted by Gasteiger charge is 2.06. The molecule has 2 N–H and O–H groups in total. The quantitative estimate of drug-likeness (QED) is 0.309. The SMILES string of the molecule is CN=C(NCCCc1cccc(F)c1)NCc1nc(C)c(C)o1.I. The van der Waals surface area contributed by atoms with Crippen molar-refractivity contribution in [1.82, 2.24) is 15.6 Å². The van der Waals surface area contributed by atoms with Gasteiger partial charge in [0.15, 0.2) is 5.96 Å². The molecular weight excluding hydrogens is 422 g/mol. The van der Waals surface area contributed by atoms with Gasteiger partial charge in [-0.05, 0) is 44.4 Å². The highest BCUT2D eigenvalue weighted by Crippen LogP contribution is 2.07. The van der Waals surface area contributed by atoms with Gasteiger partial charge in [0.25, 0.3) is 0 Å². The Morgan fingerprint density at radius 3 is 2.71 bits per heavy atom. The predicted molar refractivity (Wildman–Crippen MR) is 104 cm³/mol. The second-order valence-electron chi connectivity index (χ2n) is 5.34. The topological polar surface area (TPSA) is 62.5 Å². The van der Waals surface area contributed by atoms with Crippen LogP contribution in [0, 0.1) is 19.7 Å². The molecule has 0 fully saturated rings. The Hall–Kier alpha value is -1.64. The van der Waals surface area contributed by atoms with Crippen LogP contribution in [0.1, 0.15) is 29.3 Å². The largest absolute Gasteiger partial charge is 0.444 e. The molecule has 1 aromatic carbocycles. The van der Waals surface area contributed by atoms with Crippen molar-refractivity contribution in [2.75, 3.05) is 13.6 Å². The first kappa shape index (κ1) is 20.4. The fourth-order valence-corrected chi connectivity index (χ4v) is 2.19. The van der Waals surface area contributed by atoms with E-state index >= 15 is 0 Å². The molecule has 7 heteroatoms. The van der Waals surface area contributed by atoms with E-state index in [0.717, 1.165) is 36.4 Å². The number of nitrogens with zero attached hydrogens (tertiary/aromatic N) is 2. The lowest BCUT2D eigenvalue weighted by molar-refractivity contribution is 0.463. The van der Waals surface area contributed by atoms with Gasteiger partial charge < -0.3 is 15.1 Å². The Kier molecular flexibility index (Phi) is 8.73. The van der Waals surface area contributed by atoms with Gasteiger partial charge in [0.05, 0.1) is 12.2 Å². The summed E-state index contributed by atoms with van der Waals surface area (Å²) in [6.45, 7) is 5.05. The molecule has 0 unspecified atom stereocenters. The highest BCUT2D eigenvalue weighted by atomic mass is 127. The minimum atomic E-state index is -0.190. The van der Waals surface area contributed by atoms with Crippen molar-refractivity contribution < 1.29 is 8.81 Å². The van der Waals surface area contributed by atoms with Gasteiger partial charge in [0.2, 0.25) is 5.89 Å². The maximum Gasteiger partial charge on any atom is 0.214 e. The standard InChI is InChI=1S/C17H23FN4O.HI/c1-12-13(2)23-16(22-12)11-21-17(19-3)20-9-5-7-14-6-4-8-15(18)10-14;/h4,6,8,10H,5,7,9,11H2,1-3H3,(H2,19,20,21);1H. The van der Waals surface area contributed by atoms with Crippen LogP contribution in [0.5, 0.6) is 0 Å². The summed E-state index contributed by atoms with van der Waals surface area (Å²) < 4.78 is 18.6. The lowest BCUT2D eigenvalue weighted by atomic mass is 10.1. The van der Waals surface area contributed by atoms with Gasteiger partial charge in [-0.15, -0.1) is 24.0 Å². The molecular formula is C17H24FIN4O. The van der Waals surface area contributed by atoms with Crippen LogP contribution < -0.4 is 10.6 Å². The van der Waals surface area contributed by atoms with Crippen molar-refractivity contribution in [2.45, 2.75) is 33.2 Å². The molecule has 24 heavy (non-hydrogen) atoms. The second kappa shape index (κ2) is 10.3. The summed E-state index contributed by atoms with van der Waals surface area (Å²) in [7, 11) is 1.72. The Labute approximate surface area is 159 Å². The summed E-state index contributed by atoms with van der Waals surface area (Å²) in [6, 6.07) is 6.70. The van der Waals surface area contributed by atoms with E-state index in [4.69, 9.17) is 4.42 Å². The highest BCUT2D eigenvalue weighted by molar-refractivity contribution is 14.0. The van der Waals surface area contributed by atoms with Crippen molar-refractivity contribution >= 4 is 29.9 Å². The smallest absolute Gasteiger partial charge is 0.214 e. The molecule has 0 atom stereocenters. The third-order valence-electron chi connectivity index (χ3n) is 3.53. The fourth-order valence-electron chi connectivity index (χ4n) is 2.19. The van der Waals surface area contributed by atoms with Gasteiger partial charge in [0, 0.05) is 13.6 Å². The van der Waals surface area contributed by atoms with Crippen LogP contribution >= 0.6 is 24.0 Å². The number of hydrogen-bond donors (Lipinski definition) is 2. The summed E-state index contributed by atoms with van der Waals surface area (Å²) in [5, 5.41) is 6.38. The molecule has 0 bridgehead atoms. The number of rotatable bonds is 6. The summed E-state index contributed by atoms with van der Waals surface area (Å²) in [6.07, 6.45) is 1.71. The normalized spacial score (nSPS) is 11.1. The lowest BCUT2D eigenvalue weighted by Gasteiger charge is -2.10. The third-order valence-corrected chi connectivity index (χ3v) is 3.53. The Morgan fingerprint density at radius 1 is 1.29 bits per heavy atom. The summed E-state index contributed by atoms with van der Waals surface area (Å²) in [5.41, 5.74) is 1.90. The number of halogens is 2. The Bertz CT molecular complexity index is 653. The van der Waals surface area contributed by atoms with Crippen LogP contribution in [-0.2, 0) is 13.0 Å². The number of aryl methyl sites for hydroxylation is 3. The molecule has 0 aliphatic carbocycles. The van der Waals surface area contributed by atoms with Crippen LogP contribution in [0.15, 0.2) is 33.7 Å².